The van der Waals surface area contributed by atoms with E-state index in [1.807, 2.05) is 0 Å². The van der Waals surface area contributed by atoms with Crippen LogP contribution < -0.4 is 10.1 Å². The maximum absolute atomic E-state index is 13.1. The Morgan fingerprint density at radius 2 is 2.26 bits per heavy atom. The summed E-state index contributed by atoms with van der Waals surface area (Å²) in [7, 11) is 1.70. The van der Waals surface area contributed by atoms with Crippen molar-refractivity contribution in [3.63, 3.8) is 0 Å². The minimum atomic E-state index is -0.285. The number of methoxy groups -OCH3 is 1. The Morgan fingerprint density at radius 1 is 1.47 bits per heavy atom. The van der Waals surface area contributed by atoms with Gasteiger partial charge in [-0.15, -0.1) is 0 Å². The number of hydrogen-bond acceptors (Lipinski definition) is 3. The van der Waals surface area contributed by atoms with E-state index in [1.165, 1.54) is 6.07 Å². The van der Waals surface area contributed by atoms with Crippen LogP contribution in [0.15, 0.2) is 22.7 Å². The number of benzene rings is 1. The van der Waals surface area contributed by atoms with Crippen molar-refractivity contribution in [2.45, 2.75) is 38.0 Å². The lowest BCUT2D eigenvalue weighted by Gasteiger charge is -2.43. The molecule has 106 valence electrons. The van der Waals surface area contributed by atoms with Crippen molar-refractivity contribution in [1.82, 2.24) is 5.32 Å². The highest BCUT2D eigenvalue weighted by molar-refractivity contribution is 9.10. The molecule has 5 heteroatoms. The van der Waals surface area contributed by atoms with Crippen LogP contribution >= 0.6 is 15.9 Å². The fourth-order valence-corrected chi connectivity index (χ4v) is 2.62. The largest absolute Gasteiger partial charge is 0.488 e. The van der Waals surface area contributed by atoms with Gasteiger partial charge < -0.3 is 14.8 Å². The maximum Gasteiger partial charge on any atom is 0.137 e. The fraction of sp³-hybridized carbons (Fsp3) is 0.571. The highest BCUT2D eigenvalue weighted by atomic mass is 79.9. The quantitative estimate of drug-likeness (QED) is 0.868. The molecule has 2 rings (SSSR count). The van der Waals surface area contributed by atoms with E-state index in [-0.39, 0.29) is 18.0 Å². The summed E-state index contributed by atoms with van der Waals surface area (Å²) in [5.74, 6) is 0.376. The molecular formula is C14H19BrFNO2. The topological polar surface area (TPSA) is 30.5 Å². The molecule has 19 heavy (non-hydrogen) atoms. The third-order valence-electron chi connectivity index (χ3n) is 3.36. The third kappa shape index (κ3) is 3.46. The third-order valence-corrected chi connectivity index (χ3v) is 3.96. The van der Waals surface area contributed by atoms with Crippen LogP contribution in [0, 0.1) is 5.82 Å². The van der Waals surface area contributed by atoms with E-state index in [0.29, 0.717) is 16.3 Å². The minimum absolute atomic E-state index is 0.0247. The summed E-state index contributed by atoms with van der Waals surface area (Å²) < 4.78 is 24.9. The second-order valence-electron chi connectivity index (χ2n) is 4.73. The lowest BCUT2D eigenvalue weighted by atomic mass is 9.85. The van der Waals surface area contributed by atoms with Gasteiger partial charge in [0.15, 0.2) is 0 Å². The molecule has 1 fully saturated rings. The first kappa shape index (κ1) is 14.8. The SMILES string of the molecule is CCCNC1CC(Oc2ccc(F)c(Br)c2)C1OC. The smallest absolute Gasteiger partial charge is 0.137 e. The summed E-state index contributed by atoms with van der Waals surface area (Å²) in [6, 6.07) is 5.03. The molecule has 1 aliphatic rings. The molecule has 0 heterocycles. The van der Waals surface area contributed by atoms with E-state index in [0.717, 1.165) is 19.4 Å². The van der Waals surface area contributed by atoms with Gasteiger partial charge in [-0.2, -0.15) is 0 Å². The molecule has 0 radical (unpaired) electrons. The monoisotopic (exact) mass is 331 g/mol. The van der Waals surface area contributed by atoms with Gasteiger partial charge in [0.05, 0.1) is 4.47 Å². The zero-order valence-corrected chi connectivity index (χ0v) is 12.7. The molecule has 3 atom stereocenters. The normalized spacial score (nSPS) is 26.0. The van der Waals surface area contributed by atoms with Crippen LogP contribution in [0.3, 0.4) is 0 Å². The Labute approximate surface area is 121 Å². The first-order chi connectivity index (χ1) is 9.15. The van der Waals surface area contributed by atoms with Gasteiger partial charge in [-0.05, 0) is 47.1 Å². The number of ether oxygens (including phenoxy) is 2. The van der Waals surface area contributed by atoms with Gasteiger partial charge in [-0.3, -0.25) is 0 Å². The highest BCUT2D eigenvalue weighted by Gasteiger charge is 2.42. The zero-order valence-electron chi connectivity index (χ0n) is 11.2. The molecule has 0 aliphatic heterocycles. The summed E-state index contributed by atoms with van der Waals surface area (Å²) >= 11 is 3.16. The first-order valence-electron chi connectivity index (χ1n) is 6.53. The standard InChI is InChI=1S/C14H19BrFNO2/c1-3-6-17-12-8-13(14(12)18-2)19-9-4-5-11(16)10(15)7-9/h4-5,7,12-14,17H,3,6,8H2,1-2H3. The van der Waals surface area contributed by atoms with Crippen LogP contribution in [-0.2, 0) is 4.74 Å². The molecule has 3 nitrogen and oxygen atoms in total. The summed E-state index contributed by atoms with van der Waals surface area (Å²) in [5, 5.41) is 3.43. The van der Waals surface area contributed by atoms with Crippen molar-refractivity contribution in [2.75, 3.05) is 13.7 Å². The molecule has 0 bridgehead atoms. The summed E-state index contributed by atoms with van der Waals surface area (Å²) in [6.07, 6.45) is 2.09. The average molecular weight is 332 g/mol. The van der Waals surface area contributed by atoms with Gasteiger partial charge in [0.1, 0.15) is 23.8 Å². The van der Waals surface area contributed by atoms with Crippen molar-refractivity contribution in [2.24, 2.45) is 0 Å². The zero-order chi connectivity index (χ0) is 13.8. The predicted octanol–water partition coefficient (Wildman–Crippen LogP) is 3.12. The summed E-state index contributed by atoms with van der Waals surface area (Å²) in [5.41, 5.74) is 0. The molecule has 0 spiro atoms. The number of halogens is 2. The van der Waals surface area contributed by atoms with E-state index in [1.54, 1.807) is 19.2 Å². The van der Waals surface area contributed by atoms with Gasteiger partial charge in [0.25, 0.3) is 0 Å². The van der Waals surface area contributed by atoms with E-state index in [2.05, 4.69) is 28.2 Å². The molecule has 3 unspecified atom stereocenters. The Hall–Kier alpha value is -0.650. The van der Waals surface area contributed by atoms with Crippen LogP contribution in [0.1, 0.15) is 19.8 Å². The second-order valence-corrected chi connectivity index (χ2v) is 5.58. The van der Waals surface area contributed by atoms with Gasteiger partial charge in [-0.25, -0.2) is 4.39 Å². The average Bonchev–Trinajstić information content (AvgIpc) is 2.37. The Kier molecular flexibility index (Phi) is 5.19. The van der Waals surface area contributed by atoms with Crippen LogP contribution in [0.25, 0.3) is 0 Å². The number of hydrogen-bond donors (Lipinski definition) is 1. The van der Waals surface area contributed by atoms with E-state index in [9.17, 15) is 4.39 Å². The second kappa shape index (κ2) is 6.68. The lowest BCUT2D eigenvalue weighted by Crippen LogP contribution is -2.61. The van der Waals surface area contributed by atoms with Crippen LogP contribution in [0.5, 0.6) is 5.75 Å². The van der Waals surface area contributed by atoms with Crippen molar-refractivity contribution in [1.29, 1.82) is 0 Å². The van der Waals surface area contributed by atoms with Gasteiger partial charge in [-0.1, -0.05) is 6.92 Å². The van der Waals surface area contributed by atoms with E-state index < -0.39 is 0 Å². The van der Waals surface area contributed by atoms with Gasteiger partial charge >= 0.3 is 0 Å². The van der Waals surface area contributed by atoms with Crippen molar-refractivity contribution >= 4 is 15.9 Å². The predicted molar refractivity (Wildman–Crippen MR) is 76.0 cm³/mol. The number of rotatable bonds is 6. The molecule has 1 N–H and O–H groups in total. The molecule has 1 aromatic carbocycles. The number of nitrogens with one attached hydrogen (secondary N) is 1. The van der Waals surface area contributed by atoms with Crippen molar-refractivity contribution in [3.8, 4) is 5.75 Å². The molecule has 1 aliphatic carbocycles. The van der Waals surface area contributed by atoms with E-state index in [4.69, 9.17) is 9.47 Å². The van der Waals surface area contributed by atoms with E-state index >= 15 is 0 Å². The minimum Gasteiger partial charge on any atom is -0.488 e. The maximum atomic E-state index is 13.1. The Balaban J connectivity index is 1.91. The van der Waals surface area contributed by atoms with Gasteiger partial charge in [0.2, 0.25) is 0 Å². The Morgan fingerprint density at radius 3 is 2.89 bits per heavy atom. The molecule has 0 amide bonds. The van der Waals surface area contributed by atoms with Crippen molar-refractivity contribution in [3.05, 3.63) is 28.5 Å². The highest BCUT2D eigenvalue weighted by Crippen LogP contribution is 2.30. The van der Waals surface area contributed by atoms with Gasteiger partial charge in [0, 0.05) is 19.6 Å². The molecule has 1 aromatic rings. The summed E-state index contributed by atoms with van der Waals surface area (Å²) in [4.78, 5) is 0. The molecular weight excluding hydrogens is 313 g/mol. The van der Waals surface area contributed by atoms with Crippen LogP contribution in [0.4, 0.5) is 4.39 Å². The lowest BCUT2D eigenvalue weighted by molar-refractivity contribution is -0.0887. The van der Waals surface area contributed by atoms with Crippen LogP contribution in [0.2, 0.25) is 0 Å². The van der Waals surface area contributed by atoms with Crippen LogP contribution in [-0.4, -0.2) is 31.9 Å². The Bertz CT molecular complexity index is 430. The molecule has 0 aromatic heterocycles. The van der Waals surface area contributed by atoms with Crippen molar-refractivity contribution < 1.29 is 13.9 Å². The first-order valence-corrected chi connectivity index (χ1v) is 7.33. The fourth-order valence-electron chi connectivity index (χ4n) is 2.27. The summed E-state index contributed by atoms with van der Waals surface area (Å²) in [6.45, 7) is 3.12. The molecule has 1 saturated carbocycles. The molecule has 0 saturated heterocycles.